The number of phenols is 1. The number of amides is 1. The molecule has 3 aromatic rings. The van der Waals surface area contributed by atoms with Gasteiger partial charge in [-0.2, -0.15) is 5.10 Å². The fourth-order valence-corrected chi connectivity index (χ4v) is 3.14. The van der Waals surface area contributed by atoms with Gasteiger partial charge in [0.1, 0.15) is 23.9 Å². The predicted molar refractivity (Wildman–Crippen MR) is 121 cm³/mol. The van der Waals surface area contributed by atoms with Crippen LogP contribution >= 0.6 is 11.6 Å². The van der Waals surface area contributed by atoms with Crippen molar-refractivity contribution in [2.75, 3.05) is 7.11 Å². The number of hydrogen-bond acceptors (Lipinski definition) is 5. The number of halogens is 1. The molecule has 0 atom stereocenters. The monoisotopic (exact) mass is 438 g/mol. The van der Waals surface area contributed by atoms with Gasteiger partial charge in [0, 0.05) is 10.6 Å². The van der Waals surface area contributed by atoms with Crippen LogP contribution in [0.1, 0.15) is 32.6 Å². The topological polar surface area (TPSA) is 80.2 Å². The Bertz CT molecular complexity index is 1110. The summed E-state index contributed by atoms with van der Waals surface area (Å²) in [4.78, 5) is 12.1. The van der Waals surface area contributed by atoms with Gasteiger partial charge >= 0.3 is 0 Å². The van der Waals surface area contributed by atoms with Gasteiger partial charge in [0.25, 0.3) is 5.91 Å². The Morgan fingerprint density at radius 3 is 2.52 bits per heavy atom. The number of nitrogens with zero attached hydrogens (tertiary/aromatic N) is 1. The van der Waals surface area contributed by atoms with Crippen molar-refractivity contribution in [1.82, 2.24) is 5.43 Å². The van der Waals surface area contributed by atoms with Gasteiger partial charge in [-0.3, -0.25) is 4.79 Å². The van der Waals surface area contributed by atoms with Crippen molar-refractivity contribution in [2.45, 2.75) is 20.5 Å². The lowest BCUT2D eigenvalue weighted by molar-refractivity contribution is 0.0952. The molecule has 0 spiro atoms. The first kappa shape index (κ1) is 22.2. The largest absolute Gasteiger partial charge is 0.507 e. The SMILES string of the molecule is COc1ccc(/C=N\NC(=O)c2ccccc2O)cc1COc1cc(C)c(Cl)c(C)c1. The first-order valence-electron chi connectivity index (χ1n) is 9.57. The van der Waals surface area contributed by atoms with Crippen molar-refractivity contribution < 1.29 is 19.4 Å². The van der Waals surface area contributed by atoms with Crippen molar-refractivity contribution in [3.05, 3.63) is 87.4 Å². The maximum absolute atomic E-state index is 12.1. The highest BCUT2D eigenvalue weighted by Crippen LogP contribution is 2.27. The van der Waals surface area contributed by atoms with Crippen LogP contribution in [0, 0.1) is 13.8 Å². The number of hydrogen-bond donors (Lipinski definition) is 2. The number of rotatable bonds is 7. The molecular formula is C24H23ClN2O4. The maximum atomic E-state index is 12.1. The lowest BCUT2D eigenvalue weighted by atomic mass is 10.1. The van der Waals surface area contributed by atoms with Crippen LogP contribution in [0.2, 0.25) is 5.02 Å². The second kappa shape index (κ2) is 10.00. The molecule has 0 aliphatic heterocycles. The summed E-state index contributed by atoms with van der Waals surface area (Å²) >= 11 is 6.22. The molecule has 0 fully saturated rings. The standard InChI is InChI=1S/C24H23ClN2O4/c1-15-10-19(11-16(2)23(15)25)31-14-18-12-17(8-9-22(18)30-3)13-26-27-24(29)20-6-4-5-7-21(20)28/h4-13,28H,14H2,1-3H3,(H,27,29)/b26-13-. The zero-order chi connectivity index (χ0) is 22.4. The van der Waals surface area contributed by atoms with Gasteiger partial charge in [-0.25, -0.2) is 5.43 Å². The summed E-state index contributed by atoms with van der Waals surface area (Å²) in [6.45, 7) is 4.16. The van der Waals surface area contributed by atoms with E-state index in [2.05, 4.69) is 10.5 Å². The predicted octanol–water partition coefficient (Wildman–Crippen LogP) is 5.01. The number of ether oxygens (including phenoxy) is 2. The minimum absolute atomic E-state index is 0.105. The number of aromatic hydroxyl groups is 1. The van der Waals surface area contributed by atoms with Gasteiger partial charge in [0.15, 0.2) is 0 Å². The molecule has 3 aromatic carbocycles. The lowest BCUT2D eigenvalue weighted by Gasteiger charge is -2.13. The van der Waals surface area contributed by atoms with Crippen LogP contribution in [0.15, 0.2) is 59.7 Å². The Labute approximate surface area is 186 Å². The van der Waals surface area contributed by atoms with E-state index in [0.717, 1.165) is 33.0 Å². The average molecular weight is 439 g/mol. The molecule has 1 amide bonds. The van der Waals surface area contributed by atoms with E-state index in [1.165, 1.54) is 18.3 Å². The van der Waals surface area contributed by atoms with Gasteiger partial charge in [-0.05, 0) is 73.0 Å². The van der Waals surface area contributed by atoms with E-state index in [-0.39, 0.29) is 17.9 Å². The van der Waals surface area contributed by atoms with E-state index in [4.69, 9.17) is 21.1 Å². The molecule has 0 heterocycles. The lowest BCUT2D eigenvalue weighted by Crippen LogP contribution is -2.17. The smallest absolute Gasteiger partial charge is 0.275 e. The fourth-order valence-electron chi connectivity index (χ4n) is 3.03. The highest BCUT2D eigenvalue weighted by Gasteiger charge is 2.10. The van der Waals surface area contributed by atoms with E-state index < -0.39 is 5.91 Å². The number of phenolic OH excluding ortho intramolecular Hbond substituents is 1. The van der Waals surface area contributed by atoms with Gasteiger partial charge < -0.3 is 14.6 Å². The van der Waals surface area contributed by atoms with E-state index >= 15 is 0 Å². The average Bonchev–Trinajstić information content (AvgIpc) is 2.76. The van der Waals surface area contributed by atoms with Crippen molar-refractivity contribution in [1.29, 1.82) is 0 Å². The minimum atomic E-state index is -0.500. The molecule has 160 valence electrons. The quantitative estimate of drug-likeness (QED) is 0.401. The van der Waals surface area contributed by atoms with Crippen molar-refractivity contribution >= 4 is 23.7 Å². The summed E-state index contributed by atoms with van der Waals surface area (Å²) < 4.78 is 11.4. The number of methoxy groups -OCH3 is 1. The number of nitrogens with one attached hydrogen (secondary N) is 1. The summed E-state index contributed by atoms with van der Waals surface area (Å²) in [6.07, 6.45) is 1.51. The van der Waals surface area contributed by atoms with Crippen LogP contribution in [0.3, 0.4) is 0 Å². The molecule has 0 aliphatic rings. The Morgan fingerprint density at radius 1 is 1.13 bits per heavy atom. The van der Waals surface area contributed by atoms with Crippen molar-refractivity contribution in [3.8, 4) is 17.2 Å². The van der Waals surface area contributed by atoms with Crippen LogP contribution in [-0.4, -0.2) is 24.3 Å². The molecule has 0 radical (unpaired) electrons. The zero-order valence-electron chi connectivity index (χ0n) is 17.5. The van der Waals surface area contributed by atoms with Crippen molar-refractivity contribution in [3.63, 3.8) is 0 Å². The van der Waals surface area contributed by atoms with Gasteiger partial charge in [0.2, 0.25) is 0 Å². The molecular weight excluding hydrogens is 416 g/mol. The van der Waals surface area contributed by atoms with E-state index in [0.29, 0.717) is 5.75 Å². The minimum Gasteiger partial charge on any atom is -0.507 e. The zero-order valence-corrected chi connectivity index (χ0v) is 18.2. The third-order valence-corrected chi connectivity index (χ3v) is 5.23. The Hall–Kier alpha value is -3.51. The van der Waals surface area contributed by atoms with Crippen LogP contribution in [0.5, 0.6) is 17.2 Å². The second-order valence-corrected chi connectivity index (χ2v) is 7.33. The van der Waals surface area contributed by atoms with Gasteiger partial charge in [-0.15, -0.1) is 0 Å². The molecule has 0 saturated heterocycles. The molecule has 31 heavy (non-hydrogen) atoms. The van der Waals surface area contributed by atoms with Crippen LogP contribution < -0.4 is 14.9 Å². The Morgan fingerprint density at radius 2 is 1.84 bits per heavy atom. The third-order valence-electron chi connectivity index (χ3n) is 4.64. The number of benzene rings is 3. The Balaban J connectivity index is 1.71. The third kappa shape index (κ3) is 5.55. The van der Waals surface area contributed by atoms with Gasteiger partial charge in [-0.1, -0.05) is 23.7 Å². The fraction of sp³-hybridized carbons (Fsp3) is 0.167. The first-order valence-corrected chi connectivity index (χ1v) is 9.94. The molecule has 0 saturated carbocycles. The highest BCUT2D eigenvalue weighted by molar-refractivity contribution is 6.32. The molecule has 0 unspecified atom stereocenters. The number of hydrazone groups is 1. The van der Waals surface area contributed by atoms with Crippen molar-refractivity contribution in [2.24, 2.45) is 5.10 Å². The van der Waals surface area contributed by atoms with E-state index in [1.807, 2.05) is 44.2 Å². The van der Waals surface area contributed by atoms with Gasteiger partial charge in [0.05, 0.1) is 18.9 Å². The highest BCUT2D eigenvalue weighted by atomic mass is 35.5. The molecule has 6 nitrogen and oxygen atoms in total. The molecule has 0 aliphatic carbocycles. The van der Waals surface area contributed by atoms with Crippen LogP contribution in [-0.2, 0) is 6.61 Å². The van der Waals surface area contributed by atoms with Crippen LogP contribution in [0.4, 0.5) is 0 Å². The van der Waals surface area contributed by atoms with E-state index in [1.54, 1.807) is 19.2 Å². The molecule has 0 bridgehead atoms. The number of carbonyl (C=O) groups excluding carboxylic acids is 1. The summed E-state index contributed by atoms with van der Waals surface area (Å²) in [5.41, 5.74) is 6.03. The molecule has 0 aromatic heterocycles. The normalized spacial score (nSPS) is 10.8. The number of carbonyl (C=O) groups is 1. The summed E-state index contributed by atoms with van der Waals surface area (Å²) in [6, 6.07) is 15.5. The Kier molecular flexibility index (Phi) is 7.15. The number of aryl methyl sites for hydroxylation is 2. The molecule has 3 rings (SSSR count). The molecule has 7 heteroatoms. The number of para-hydroxylation sites is 1. The summed E-state index contributed by atoms with van der Waals surface area (Å²) in [5, 5.41) is 14.5. The van der Waals surface area contributed by atoms with E-state index in [9.17, 15) is 9.90 Å². The maximum Gasteiger partial charge on any atom is 0.275 e. The second-order valence-electron chi connectivity index (χ2n) is 6.95. The summed E-state index contributed by atoms with van der Waals surface area (Å²) in [7, 11) is 1.59. The molecule has 2 N–H and O–H groups in total. The van der Waals surface area contributed by atoms with Crippen LogP contribution in [0.25, 0.3) is 0 Å². The first-order chi connectivity index (χ1) is 14.9. The summed E-state index contributed by atoms with van der Waals surface area (Å²) in [5.74, 6) is 0.792.